The molecule has 0 radical (unpaired) electrons. The number of alkyl halides is 3. The molecule has 20 heavy (non-hydrogen) atoms. The molecule has 0 aliphatic heterocycles. The molecule has 0 atom stereocenters. The monoisotopic (exact) mass is 282 g/mol. The van der Waals surface area contributed by atoms with Gasteiger partial charge in [0, 0.05) is 6.42 Å². The summed E-state index contributed by atoms with van der Waals surface area (Å²) in [5, 5.41) is 0. The van der Waals surface area contributed by atoms with Gasteiger partial charge in [0.15, 0.2) is 0 Å². The molecule has 0 unspecified atom stereocenters. The maximum atomic E-state index is 12.9. The first-order valence-corrected chi connectivity index (χ1v) is 6.45. The molecule has 0 spiro atoms. The largest absolute Gasteiger partial charge is 0.461 e. The number of unbranched alkanes of at least 4 members (excludes halogenated alkanes) is 2. The maximum Gasteiger partial charge on any atom is 0.427 e. The van der Waals surface area contributed by atoms with Gasteiger partial charge in [0.2, 0.25) is 0 Å². The average molecular weight is 282 g/mol. The first kappa shape index (κ1) is 16.2. The minimum Gasteiger partial charge on any atom is -0.461 e. The Balaban J connectivity index is 2.95. The fourth-order valence-electron chi connectivity index (χ4n) is 1.49. The minimum atomic E-state index is -4.50. The van der Waals surface area contributed by atoms with E-state index in [1.54, 1.807) is 30.3 Å². The molecule has 1 rings (SSSR count). The summed E-state index contributed by atoms with van der Waals surface area (Å²) >= 11 is 0. The molecule has 108 valence electrons. The summed E-state index contributed by atoms with van der Waals surface area (Å²) in [6, 6.07) is 8.36. The number of para-hydroxylation sites is 1. The highest BCUT2D eigenvalue weighted by atomic mass is 19.4. The highest BCUT2D eigenvalue weighted by molar-refractivity contribution is 5.36. The lowest BCUT2D eigenvalue weighted by molar-refractivity contribution is -0.0894. The molecule has 0 fully saturated rings. The fourth-order valence-corrected chi connectivity index (χ4v) is 1.49. The molecule has 0 amide bonds. The number of rotatable bonds is 4. The molecule has 1 nitrogen and oxygen atoms in total. The Morgan fingerprint density at radius 2 is 1.85 bits per heavy atom. The standard InChI is InChI=1S/C16H17F3O/c1-3-4-5-9-12-15(16(17,18)19)13(2)20-14-10-7-6-8-11-14/h6-8,10-11H,3-5H2,1-2H3/b15-13+. The summed E-state index contributed by atoms with van der Waals surface area (Å²) < 4.78 is 44.0. The smallest absolute Gasteiger partial charge is 0.427 e. The zero-order valence-electron chi connectivity index (χ0n) is 11.6. The molecule has 0 heterocycles. The zero-order chi connectivity index (χ0) is 15.0. The predicted molar refractivity (Wildman–Crippen MR) is 73.1 cm³/mol. The van der Waals surface area contributed by atoms with E-state index in [0.717, 1.165) is 12.8 Å². The number of hydrogen-bond donors (Lipinski definition) is 0. The lowest BCUT2D eigenvalue weighted by atomic mass is 10.2. The second kappa shape index (κ2) is 7.64. The Morgan fingerprint density at radius 1 is 1.20 bits per heavy atom. The molecule has 0 aromatic heterocycles. The van der Waals surface area contributed by atoms with Crippen molar-refractivity contribution < 1.29 is 17.9 Å². The lowest BCUT2D eigenvalue weighted by Crippen LogP contribution is -2.14. The topological polar surface area (TPSA) is 9.23 Å². The summed E-state index contributed by atoms with van der Waals surface area (Å²) in [4.78, 5) is 0. The predicted octanol–water partition coefficient (Wildman–Crippen LogP) is 5.10. The van der Waals surface area contributed by atoms with E-state index in [1.165, 1.54) is 6.92 Å². The van der Waals surface area contributed by atoms with Crippen LogP contribution in [-0.4, -0.2) is 6.18 Å². The number of hydrogen-bond acceptors (Lipinski definition) is 1. The first-order chi connectivity index (χ1) is 9.45. The first-order valence-electron chi connectivity index (χ1n) is 6.45. The molecule has 0 N–H and O–H groups in total. The normalized spacial score (nSPS) is 12.2. The van der Waals surface area contributed by atoms with Crippen LogP contribution < -0.4 is 4.74 Å². The van der Waals surface area contributed by atoms with Crippen molar-refractivity contribution >= 4 is 0 Å². The van der Waals surface area contributed by atoms with Gasteiger partial charge in [-0.15, -0.1) is 0 Å². The third-order valence-electron chi connectivity index (χ3n) is 2.52. The SMILES string of the molecule is CCCCC#C/C(=C(/C)Oc1ccccc1)C(F)(F)F. The Kier molecular flexibility index (Phi) is 6.17. The number of halogens is 3. The highest BCUT2D eigenvalue weighted by Crippen LogP contribution is 2.29. The number of benzene rings is 1. The average Bonchev–Trinajstić information content (AvgIpc) is 2.38. The maximum absolute atomic E-state index is 12.9. The van der Waals surface area contributed by atoms with Gasteiger partial charge in [-0.1, -0.05) is 43.4 Å². The molecular weight excluding hydrogens is 265 g/mol. The highest BCUT2D eigenvalue weighted by Gasteiger charge is 2.35. The van der Waals surface area contributed by atoms with Crippen molar-refractivity contribution in [3.05, 3.63) is 41.7 Å². The second-order valence-corrected chi connectivity index (χ2v) is 4.25. The van der Waals surface area contributed by atoms with E-state index >= 15 is 0 Å². The number of allylic oxidation sites excluding steroid dienone is 2. The quantitative estimate of drug-likeness (QED) is 0.424. The van der Waals surface area contributed by atoms with Gasteiger partial charge in [-0.2, -0.15) is 13.2 Å². The third-order valence-corrected chi connectivity index (χ3v) is 2.52. The van der Waals surface area contributed by atoms with Gasteiger partial charge >= 0.3 is 6.18 Å². The van der Waals surface area contributed by atoms with Gasteiger partial charge in [-0.05, 0) is 25.5 Å². The summed E-state index contributed by atoms with van der Waals surface area (Å²) in [6.07, 6.45) is -2.36. The van der Waals surface area contributed by atoms with Crippen molar-refractivity contribution in [3.8, 4) is 17.6 Å². The Hall–Kier alpha value is -1.89. The third kappa shape index (κ3) is 5.40. The van der Waals surface area contributed by atoms with Crippen molar-refractivity contribution in [2.75, 3.05) is 0 Å². The molecule has 0 bridgehead atoms. The van der Waals surface area contributed by atoms with E-state index in [0.29, 0.717) is 12.2 Å². The Morgan fingerprint density at radius 3 is 2.40 bits per heavy atom. The van der Waals surface area contributed by atoms with Crippen LogP contribution in [0.15, 0.2) is 41.7 Å². The van der Waals surface area contributed by atoms with Crippen LogP contribution in [0.3, 0.4) is 0 Å². The fraction of sp³-hybridized carbons (Fsp3) is 0.375. The molecule has 0 saturated carbocycles. The summed E-state index contributed by atoms with van der Waals surface area (Å²) in [6.45, 7) is 3.25. The zero-order valence-corrected chi connectivity index (χ0v) is 11.6. The van der Waals surface area contributed by atoms with Crippen molar-refractivity contribution in [2.45, 2.75) is 39.3 Å². The van der Waals surface area contributed by atoms with Gasteiger partial charge < -0.3 is 4.74 Å². The molecule has 0 aliphatic rings. The molecular formula is C16H17F3O. The van der Waals surface area contributed by atoms with Gasteiger partial charge in [0.25, 0.3) is 0 Å². The van der Waals surface area contributed by atoms with E-state index in [9.17, 15) is 13.2 Å². The van der Waals surface area contributed by atoms with E-state index < -0.39 is 11.7 Å². The molecule has 1 aromatic rings. The van der Waals surface area contributed by atoms with Crippen LogP contribution in [0.1, 0.15) is 33.1 Å². The molecule has 4 heteroatoms. The van der Waals surface area contributed by atoms with E-state index in [4.69, 9.17) is 4.74 Å². The molecule has 0 saturated heterocycles. The summed E-state index contributed by atoms with van der Waals surface area (Å²) in [7, 11) is 0. The summed E-state index contributed by atoms with van der Waals surface area (Å²) in [5.74, 6) is 4.88. The van der Waals surface area contributed by atoms with Crippen LogP contribution in [0.5, 0.6) is 5.75 Å². The summed E-state index contributed by atoms with van der Waals surface area (Å²) in [5.41, 5.74) is -0.919. The van der Waals surface area contributed by atoms with Crippen molar-refractivity contribution in [3.63, 3.8) is 0 Å². The molecule has 0 aliphatic carbocycles. The minimum absolute atomic E-state index is 0.229. The van der Waals surface area contributed by atoms with Crippen LogP contribution in [0, 0.1) is 11.8 Å². The van der Waals surface area contributed by atoms with Crippen molar-refractivity contribution in [2.24, 2.45) is 0 Å². The van der Waals surface area contributed by atoms with Crippen molar-refractivity contribution in [1.82, 2.24) is 0 Å². The van der Waals surface area contributed by atoms with Crippen LogP contribution >= 0.6 is 0 Å². The van der Waals surface area contributed by atoms with Crippen LogP contribution in [0.4, 0.5) is 13.2 Å². The van der Waals surface area contributed by atoms with Crippen LogP contribution in [0.25, 0.3) is 0 Å². The molecule has 1 aromatic carbocycles. The number of ether oxygens (including phenoxy) is 1. The van der Waals surface area contributed by atoms with Gasteiger partial charge in [0.1, 0.15) is 17.1 Å². The van der Waals surface area contributed by atoms with Crippen LogP contribution in [-0.2, 0) is 0 Å². The van der Waals surface area contributed by atoms with Crippen molar-refractivity contribution in [1.29, 1.82) is 0 Å². The van der Waals surface area contributed by atoms with E-state index in [1.807, 2.05) is 6.92 Å². The van der Waals surface area contributed by atoms with E-state index in [2.05, 4.69) is 11.8 Å². The van der Waals surface area contributed by atoms with Gasteiger partial charge in [-0.25, -0.2) is 0 Å². The lowest BCUT2D eigenvalue weighted by Gasteiger charge is -2.11. The van der Waals surface area contributed by atoms with Crippen LogP contribution in [0.2, 0.25) is 0 Å². The Labute approximate surface area is 117 Å². The Bertz CT molecular complexity index is 504. The second-order valence-electron chi connectivity index (χ2n) is 4.25. The van der Waals surface area contributed by atoms with E-state index in [-0.39, 0.29) is 5.76 Å². The van der Waals surface area contributed by atoms with Gasteiger partial charge in [-0.3, -0.25) is 0 Å². The van der Waals surface area contributed by atoms with Gasteiger partial charge in [0.05, 0.1) is 0 Å².